The van der Waals surface area contributed by atoms with E-state index in [0.717, 1.165) is 5.69 Å². The number of aryl methyl sites for hydroxylation is 1. The van der Waals surface area contributed by atoms with Crippen LogP contribution in [0.5, 0.6) is 0 Å². The lowest BCUT2D eigenvalue weighted by Crippen LogP contribution is -2.22. The van der Waals surface area contributed by atoms with Gasteiger partial charge in [-0.15, -0.1) is 0 Å². The molecule has 0 aliphatic rings. The molecule has 0 fully saturated rings. The number of aromatic nitrogens is 2. The first-order chi connectivity index (χ1) is 6.93. The summed E-state index contributed by atoms with van der Waals surface area (Å²) in [5.74, 6) is -2.27. The molecule has 15 heavy (non-hydrogen) atoms. The van der Waals surface area contributed by atoms with Gasteiger partial charge in [0, 0.05) is 11.8 Å². The quantitative estimate of drug-likeness (QED) is 0.651. The Morgan fingerprint density at radius 2 is 2.33 bits per heavy atom. The smallest absolute Gasteiger partial charge is 0.320 e. The average Bonchev–Trinajstić information content (AvgIpc) is 2.48. The number of carboxylic acids is 1. The van der Waals surface area contributed by atoms with Gasteiger partial charge in [0.25, 0.3) is 0 Å². The van der Waals surface area contributed by atoms with Crippen molar-refractivity contribution < 1.29 is 18.3 Å². The number of nitrogens with zero attached hydrogens (tertiary/aromatic N) is 1. The van der Waals surface area contributed by atoms with E-state index in [1.807, 2.05) is 6.92 Å². The topological polar surface area (TPSA) is 112 Å². The third kappa shape index (κ3) is 3.58. The van der Waals surface area contributed by atoms with E-state index >= 15 is 0 Å². The van der Waals surface area contributed by atoms with Gasteiger partial charge >= 0.3 is 5.97 Å². The van der Waals surface area contributed by atoms with Crippen molar-refractivity contribution in [3.05, 3.63) is 11.8 Å². The molecule has 1 heterocycles. The van der Waals surface area contributed by atoms with Gasteiger partial charge in [-0.3, -0.25) is 14.6 Å². The van der Waals surface area contributed by atoms with Crippen LogP contribution in [0.1, 0.15) is 12.6 Å². The molecule has 0 saturated carbocycles. The lowest BCUT2D eigenvalue weighted by molar-refractivity contribution is -0.134. The fraction of sp³-hybridized carbons (Fsp3) is 0.429. The number of aliphatic carboxylic acids is 1. The Morgan fingerprint density at radius 1 is 1.67 bits per heavy atom. The molecule has 0 unspecified atom stereocenters. The Kier molecular flexibility index (Phi) is 3.30. The minimum atomic E-state index is -3.86. The molecule has 0 aromatic carbocycles. The van der Waals surface area contributed by atoms with Gasteiger partial charge in [-0.1, -0.05) is 6.92 Å². The molecule has 0 aliphatic heterocycles. The van der Waals surface area contributed by atoms with Gasteiger partial charge in [-0.2, -0.15) is 5.10 Å². The maximum absolute atomic E-state index is 11.2. The summed E-state index contributed by atoms with van der Waals surface area (Å²) in [7, 11) is -3.86. The second-order valence-electron chi connectivity index (χ2n) is 2.89. The molecule has 1 rings (SSSR count). The number of carboxylic acid groups (broad SMARTS) is 1. The molecule has 0 spiro atoms. The molecule has 7 nitrogen and oxygen atoms in total. The van der Waals surface area contributed by atoms with Gasteiger partial charge in [-0.05, 0) is 6.42 Å². The minimum absolute atomic E-state index is 0.105. The van der Waals surface area contributed by atoms with Crippen molar-refractivity contribution in [2.75, 3.05) is 10.5 Å². The van der Waals surface area contributed by atoms with Crippen molar-refractivity contribution in [2.45, 2.75) is 13.3 Å². The molecule has 0 radical (unpaired) electrons. The number of carbonyl (C=O) groups is 1. The Hall–Kier alpha value is -1.57. The Labute approximate surface area is 86.6 Å². The first-order valence-corrected chi connectivity index (χ1v) is 5.84. The summed E-state index contributed by atoms with van der Waals surface area (Å²) in [6.07, 6.45) is 0.688. The summed E-state index contributed by atoms with van der Waals surface area (Å²) in [6.45, 7) is 1.88. The maximum atomic E-state index is 11.2. The Bertz CT molecular complexity index is 451. The van der Waals surface area contributed by atoms with Crippen molar-refractivity contribution in [1.29, 1.82) is 0 Å². The molecule has 1 aromatic rings. The number of hydrogen-bond donors (Lipinski definition) is 3. The summed E-state index contributed by atoms with van der Waals surface area (Å²) in [6, 6.07) is 1.51. The van der Waals surface area contributed by atoms with Crippen LogP contribution < -0.4 is 4.72 Å². The molecule has 0 bridgehead atoms. The first-order valence-electron chi connectivity index (χ1n) is 4.19. The van der Waals surface area contributed by atoms with E-state index in [4.69, 9.17) is 5.11 Å². The van der Waals surface area contributed by atoms with Crippen LogP contribution in [0, 0.1) is 0 Å². The molecule has 1 aromatic heterocycles. The average molecular weight is 233 g/mol. The molecule has 0 saturated heterocycles. The molecular weight excluding hydrogens is 222 g/mol. The van der Waals surface area contributed by atoms with Gasteiger partial charge in [0.2, 0.25) is 10.0 Å². The third-order valence-electron chi connectivity index (χ3n) is 1.59. The van der Waals surface area contributed by atoms with E-state index in [1.165, 1.54) is 6.07 Å². The van der Waals surface area contributed by atoms with Gasteiger partial charge in [0.05, 0.1) is 0 Å². The van der Waals surface area contributed by atoms with Gasteiger partial charge < -0.3 is 5.11 Å². The fourth-order valence-electron chi connectivity index (χ4n) is 0.953. The van der Waals surface area contributed by atoms with Crippen LogP contribution in [0.25, 0.3) is 0 Å². The third-order valence-corrected chi connectivity index (χ3v) is 2.73. The van der Waals surface area contributed by atoms with E-state index < -0.39 is 21.7 Å². The molecular formula is C7H11N3O4S. The van der Waals surface area contributed by atoms with Gasteiger partial charge in [0.1, 0.15) is 0 Å². The number of H-pyrrole nitrogens is 1. The van der Waals surface area contributed by atoms with E-state index in [0.29, 0.717) is 6.42 Å². The van der Waals surface area contributed by atoms with Crippen LogP contribution >= 0.6 is 0 Å². The van der Waals surface area contributed by atoms with E-state index in [1.54, 1.807) is 0 Å². The standard InChI is InChI=1S/C7H11N3O4S/c1-2-5-3-6(9-8-5)10-15(13,14)4-7(11)12/h3H,2,4H2,1H3,(H,11,12)(H2,8,9,10). The Morgan fingerprint density at radius 3 is 2.80 bits per heavy atom. The lowest BCUT2D eigenvalue weighted by Gasteiger charge is -2.00. The zero-order chi connectivity index (χ0) is 11.5. The minimum Gasteiger partial charge on any atom is -0.480 e. The summed E-state index contributed by atoms with van der Waals surface area (Å²) in [5, 5.41) is 14.6. The van der Waals surface area contributed by atoms with Crippen molar-refractivity contribution in [3.8, 4) is 0 Å². The van der Waals surface area contributed by atoms with Crippen molar-refractivity contribution in [2.24, 2.45) is 0 Å². The van der Waals surface area contributed by atoms with Crippen LogP contribution in [0.15, 0.2) is 6.07 Å². The van der Waals surface area contributed by atoms with E-state index in [2.05, 4.69) is 14.9 Å². The van der Waals surface area contributed by atoms with Crippen LogP contribution in [0.4, 0.5) is 5.82 Å². The van der Waals surface area contributed by atoms with Crippen molar-refractivity contribution >= 4 is 21.8 Å². The summed E-state index contributed by atoms with van der Waals surface area (Å²) in [4.78, 5) is 10.2. The predicted octanol–water partition coefficient (Wildman–Crippen LogP) is -0.202. The molecule has 84 valence electrons. The highest BCUT2D eigenvalue weighted by molar-refractivity contribution is 7.93. The zero-order valence-corrected chi connectivity index (χ0v) is 8.84. The van der Waals surface area contributed by atoms with Gasteiger partial charge in [0.15, 0.2) is 11.6 Å². The second kappa shape index (κ2) is 4.30. The monoisotopic (exact) mass is 233 g/mol. The molecule has 0 atom stereocenters. The molecule has 8 heteroatoms. The van der Waals surface area contributed by atoms with Crippen molar-refractivity contribution in [3.63, 3.8) is 0 Å². The van der Waals surface area contributed by atoms with Crippen LogP contribution in [0.2, 0.25) is 0 Å². The number of hydrogen-bond acceptors (Lipinski definition) is 4. The number of sulfonamides is 1. The second-order valence-corrected chi connectivity index (χ2v) is 4.61. The van der Waals surface area contributed by atoms with Crippen LogP contribution in [0.3, 0.4) is 0 Å². The highest BCUT2D eigenvalue weighted by atomic mass is 32.2. The fourth-order valence-corrected chi connectivity index (χ4v) is 1.77. The van der Waals surface area contributed by atoms with Gasteiger partial charge in [-0.25, -0.2) is 8.42 Å². The zero-order valence-electron chi connectivity index (χ0n) is 8.02. The van der Waals surface area contributed by atoms with Crippen molar-refractivity contribution in [1.82, 2.24) is 10.2 Å². The van der Waals surface area contributed by atoms with E-state index in [9.17, 15) is 13.2 Å². The SMILES string of the molecule is CCc1cc(NS(=O)(=O)CC(=O)O)n[nH]1. The summed E-state index contributed by atoms with van der Waals surface area (Å²) >= 11 is 0. The number of aromatic amines is 1. The molecule has 3 N–H and O–H groups in total. The lowest BCUT2D eigenvalue weighted by atomic mass is 10.3. The molecule has 0 aliphatic carbocycles. The largest absolute Gasteiger partial charge is 0.480 e. The number of rotatable bonds is 5. The highest BCUT2D eigenvalue weighted by Crippen LogP contribution is 2.07. The Balaban J connectivity index is 2.73. The predicted molar refractivity (Wildman–Crippen MR) is 53.0 cm³/mol. The highest BCUT2D eigenvalue weighted by Gasteiger charge is 2.16. The number of anilines is 1. The van der Waals surface area contributed by atoms with Crippen LogP contribution in [-0.4, -0.2) is 35.4 Å². The normalized spacial score (nSPS) is 11.3. The molecule has 0 amide bonds. The first kappa shape index (κ1) is 11.5. The summed E-state index contributed by atoms with van der Waals surface area (Å²) < 4.78 is 24.4. The summed E-state index contributed by atoms with van der Waals surface area (Å²) in [5.41, 5.74) is 0.767. The maximum Gasteiger partial charge on any atom is 0.320 e. The van der Waals surface area contributed by atoms with Crippen LogP contribution in [-0.2, 0) is 21.2 Å². The van der Waals surface area contributed by atoms with E-state index in [-0.39, 0.29) is 5.82 Å². The number of nitrogens with one attached hydrogen (secondary N) is 2.